The molecule has 4 rings (SSSR count). The highest BCUT2D eigenvalue weighted by molar-refractivity contribution is 8.00. The van der Waals surface area contributed by atoms with Crippen molar-refractivity contribution in [3.05, 3.63) is 65.0 Å². The van der Waals surface area contributed by atoms with Crippen molar-refractivity contribution in [2.75, 3.05) is 18.8 Å². The third-order valence-electron chi connectivity index (χ3n) is 5.00. The molecule has 2 aliphatic rings. The molecule has 1 aromatic heterocycles. The van der Waals surface area contributed by atoms with Gasteiger partial charge >= 0.3 is 0 Å². The molecule has 3 heterocycles. The largest absolute Gasteiger partial charge is 0.299 e. The Morgan fingerprint density at radius 1 is 1.19 bits per heavy atom. The monoisotopic (exact) mass is 365 g/mol. The lowest BCUT2D eigenvalue weighted by Gasteiger charge is -2.29. The highest BCUT2D eigenvalue weighted by Crippen LogP contribution is 2.43. The zero-order valence-corrected chi connectivity index (χ0v) is 15.8. The molecule has 134 valence electrons. The number of fused-ring (bicyclic) bond motifs is 1. The first-order valence-corrected chi connectivity index (χ1v) is 10.1. The minimum Gasteiger partial charge on any atom is -0.299 e. The van der Waals surface area contributed by atoms with Crippen LogP contribution in [0.4, 0.5) is 0 Å². The third-order valence-corrected chi connectivity index (χ3v) is 6.30. The van der Waals surface area contributed by atoms with Crippen LogP contribution >= 0.6 is 11.8 Å². The van der Waals surface area contributed by atoms with Crippen molar-refractivity contribution in [2.45, 2.75) is 31.3 Å². The molecule has 1 unspecified atom stereocenters. The van der Waals surface area contributed by atoms with Gasteiger partial charge in [-0.25, -0.2) is 4.99 Å². The second-order valence-corrected chi connectivity index (χ2v) is 8.02. The minimum atomic E-state index is -0.646. The van der Waals surface area contributed by atoms with Gasteiger partial charge in [0.2, 0.25) is 4.99 Å². The molecular formula is C20H23N5S. The van der Waals surface area contributed by atoms with Crippen LogP contribution in [0.1, 0.15) is 28.7 Å². The first-order chi connectivity index (χ1) is 12.8. The van der Waals surface area contributed by atoms with Gasteiger partial charge in [-0.2, -0.15) is 0 Å². The molecule has 0 fully saturated rings. The Balaban J connectivity index is 1.34. The Morgan fingerprint density at radius 3 is 2.88 bits per heavy atom. The molecule has 0 aliphatic carbocycles. The van der Waals surface area contributed by atoms with Crippen molar-refractivity contribution in [3.8, 4) is 0 Å². The van der Waals surface area contributed by atoms with Gasteiger partial charge in [-0.15, -0.1) is 22.0 Å². The number of nitrogens with zero attached hydrogens (tertiary/aromatic N) is 5. The number of azo groups is 1. The molecule has 2 aromatic rings. The summed E-state index contributed by atoms with van der Waals surface area (Å²) < 4.78 is 0. The molecule has 0 radical (unpaired) electrons. The van der Waals surface area contributed by atoms with E-state index < -0.39 is 4.99 Å². The first-order valence-electron chi connectivity index (χ1n) is 9.07. The lowest BCUT2D eigenvalue weighted by Crippen LogP contribution is -2.31. The SMILES string of the molecule is Cc1ccncc1C1(SCCCN2CCc3ccccc3C2)N=CN=N1. The molecule has 0 saturated heterocycles. The standard InChI is InChI=1S/C20H23N5S/c1-16-7-9-21-13-19(16)20(22-15-23-24-20)26-12-4-10-25-11-8-17-5-2-3-6-18(17)14-25/h2-3,5-7,9,13,15H,4,8,10-12,14H2,1H3. The molecule has 0 N–H and O–H groups in total. The van der Waals surface area contributed by atoms with Crippen molar-refractivity contribution in [1.29, 1.82) is 0 Å². The Hall–Kier alpha value is -2.05. The summed E-state index contributed by atoms with van der Waals surface area (Å²) in [6, 6.07) is 10.8. The Labute approximate surface area is 158 Å². The quantitative estimate of drug-likeness (QED) is 0.722. The summed E-state index contributed by atoms with van der Waals surface area (Å²) in [6.45, 7) is 5.39. The van der Waals surface area contributed by atoms with Crippen LogP contribution in [0.2, 0.25) is 0 Å². The molecule has 0 saturated carbocycles. The summed E-state index contributed by atoms with van der Waals surface area (Å²) in [5.41, 5.74) is 5.17. The summed E-state index contributed by atoms with van der Waals surface area (Å²) in [5.74, 6) is 0.989. The molecular weight excluding hydrogens is 342 g/mol. The highest BCUT2D eigenvalue weighted by atomic mass is 32.2. The number of benzene rings is 1. The van der Waals surface area contributed by atoms with Gasteiger partial charge in [0.05, 0.1) is 0 Å². The van der Waals surface area contributed by atoms with Crippen LogP contribution in [0.25, 0.3) is 0 Å². The first kappa shape index (κ1) is 17.4. The average Bonchev–Trinajstić information content (AvgIpc) is 3.15. The normalized spacial score (nSPS) is 21.9. The molecule has 5 nitrogen and oxygen atoms in total. The van der Waals surface area contributed by atoms with Gasteiger partial charge in [0.1, 0.15) is 6.34 Å². The molecule has 0 bridgehead atoms. The van der Waals surface area contributed by atoms with Crippen LogP contribution in [0.3, 0.4) is 0 Å². The predicted molar refractivity (Wildman–Crippen MR) is 106 cm³/mol. The van der Waals surface area contributed by atoms with E-state index in [1.807, 2.05) is 12.3 Å². The second kappa shape index (κ2) is 7.68. The number of hydrogen-bond donors (Lipinski definition) is 0. The summed E-state index contributed by atoms with van der Waals surface area (Å²) in [5, 5.41) is 8.45. The summed E-state index contributed by atoms with van der Waals surface area (Å²) in [4.78, 5) is 10.7. The molecule has 0 spiro atoms. The molecule has 0 amide bonds. The summed E-state index contributed by atoms with van der Waals surface area (Å²) >= 11 is 1.75. The van der Waals surface area contributed by atoms with Gasteiger partial charge < -0.3 is 0 Å². The smallest absolute Gasteiger partial charge is 0.246 e. The van der Waals surface area contributed by atoms with Gasteiger partial charge in [0, 0.05) is 31.0 Å². The third kappa shape index (κ3) is 3.57. The van der Waals surface area contributed by atoms with Crippen molar-refractivity contribution >= 4 is 18.1 Å². The van der Waals surface area contributed by atoms with E-state index >= 15 is 0 Å². The van der Waals surface area contributed by atoms with Gasteiger partial charge in [-0.3, -0.25) is 9.88 Å². The van der Waals surface area contributed by atoms with Crippen molar-refractivity contribution in [2.24, 2.45) is 15.2 Å². The van der Waals surface area contributed by atoms with Gasteiger partial charge in [-0.1, -0.05) is 24.3 Å². The van der Waals surface area contributed by atoms with E-state index in [0.717, 1.165) is 49.4 Å². The van der Waals surface area contributed by atoms with Gasteiger partial charge in [-0.05, 0) is 54.8 Å². The molecule has 1 atom stereocenters. The molecule has 26 heavy (non-hydrogen) atoms. The fraction of sp³-hybridized carbons (Fsp3) is 0.400. The van der Waals surface area contributed by atoms with Crippen molar-refractivity contribution in [3.63, 3.8) is 0 Å². The van der Waals surface area contributed by atoms with Crippen LogP contribution < -0.4 is 0 Å². The van der Waals surface area contributed by atoms with Crippen LogP contribution in [-0.4, -0.2) is 35.1 Å². The minimum absolute atomic E-state index is 0.646. The van der Waals surface area contributed by atoms with Gasteiger partial charge in [0.15, 0.2) is 0 Å². The highest BCUT2D eigenvalue weighted by Gasteiger charge is 2.35. The maximum absolute atomic E-state index is 4.56. The van der Waals surface area contributed by atoms with Crippen LogP contribution in [0, 0.1) is 6.92 Å². The second-order valence-electron chi connectivity index (χ2n) is 6.76. The van der Waals surface area contributed by atoms with Crippen LogP contribution in [0.15, 0.2) is 57.9 Å². The van der Waals surface area contributed by atoms with E-state index in [9.17, 15) is 0 Å². The van der Waals surface area contributed by atoms with E-state index in [-0.39, 0.29) is 0 Å². The van der Waals surface area contributed by atoms with Crippen molar-refractivity contribution < 1.29 is 0 Å². The number of pyridine rings is 1. The van der Waals surface area contributed by atoms with Crippen LogP contribution in [-0.2, 0) is 18.0 Å². The zero-order valence-electron chi connectivity index (χ0n) is 15.0. The maximum Gasteiger partial charge on any atom is 0.246 e. The Morgan fingerprint density at radius 2 is 2.08 bits per heavy atom. The summed E-state index contributed by atoms with van der Waals surface area (Å²) in [7, 11) is 0. The molecule has 2 aliphatic heterocycles. The van der Waals surface area contributed by atoms with E-state index in [0.29, 0.717) is 0 Å². The van der Waals surface area contributed by atoms with E-state index in [4.69, 9.17) is 0 Å². The maximum atomic E-state index is 4.56. The molecule has 1 aromatic carbocycles. The molecule has 6 heteroatoms. The van der Waals surface area contributed by atoms with E-state index in [1.54, 1.807) is 24.3 Å². The van der Waals surface area contributed by atoms with Crippen molar-refractivity contribution in [1.82, 2.24) is 9.88 Å². The summed E-state index contributed by atoms with van der Waals surface area (Å²) in [6.07, 6.45) is 7.49. The lowest BCUT2D eigenvalue weighted by atomic mass is 10.00. The Bertz CT molecular complexity index is 820. The topological polar surface area (TPSA) is 53.2 Å². The predicted octanol–water partition coefficient (Wildman–Crippen LogP) is 4.18. The Kier molecular flexibility index (Phi) is 5.13. The number of rotatable bonds is 6. The number of aliphatic imine (C=N–C) groups is 1. The number of thioether (sulfide) groups is 1. The number of aryl methyl sites for hydroxylation is 1. The lowest BCUT2D eigenvalue weighted by molar-refractivity contribution is 0.255. The van der Waals surface area contributed by atoms with Gasteiger partial charge in [0.25, 0.3) is 0 Å². The van der Waals surface area contributed by atoms with E-state index in [2.05, 4.69) is 56.3 Å². The zero-order chi connectivity index (χ0) is 17.8. The average molecular weight is 366 g/mol. The van der Waals surface area contributed by atoms with Crippen LogP contribution in [0.5, 0.6) is 0 Å². The fourth-order valence-electron chi connectivity index (χ4n) is 3.55. The number of aromatic nitrogens is 1. The number of hydrogen-bond acceptors (Lipinski definition) is 6. The fourth-order valence-corrected chi connectivity index (χ4v) is 4.71. The van der Waals surface area contributed by atoms with E-state index in [1.165, 1.54) is 11.1 Å².